The Labute approximate surface area is 244 Å². The summed E-state index contributed by atoms with van der Waals surface area (Å²) in [4.78, 5) is 53.3. The Morgan fingerprint density at radius 2 is 1.62 bits per heavy atom. The normalized spacial score (nSPS) is 22.4. The number of rotatable bonds is 11. The molecular weight excluding hydrogens is 532 g/mol. The van der Waals surface area contributed by atoms with Crippen LogP contribution in [0.5, 0.6) is 0 Å². The maximum atomic E-state index is 13.8. The van der Waals surface area contributed by atoms with Crippen LogP contribution in [0.4, 0.5) is 9.59 Å². The number of carbonyl (C=O) groups is 4. The zero-order chi connectivity index (χ0) is 30.1. The number of nitrogens with one attached hydrogen (secondary N) is 3. The van der Waals surface area contributed by atoms with Gasteiger partial charge in [-0.05, 0) is 90.7 Å². The highest BCUT2D eigenvalue weighted by Crippen LogP contribution is 2.34. The Bertz CT molecular complexity index is 867. The van der Waals surface area contributed by atoms with Gasteiger partial charge >= 0.3 is 12.2 Å². The van der Waals surface area contributed by atoms with Crippen LogP contribution in [0.2, 0.25) is 0 Å². The van der Waals surface area contributed by atoms with Crippen LogP contribution in [0.3, 0.4) is 0 Å². The lowest BCUT2D eigenvalue weighted by Crippen LogP contribution is -2.60. The third kappa shape index (κ3) is 11.0. The Kier molecular flexibility index (Phi) is 12.9. The van der Waals surface area contributed by atoms with E-state index in [9.17, 15) is 19.2 Å². The number of likely N-dealkylation sites (tertiary alicyclic amines) is 1. The molecule has 0 aromatic carbocycles. The van der Waals surface area contributed by atoms with Crippen LogP contribution in [0, 0.1) is 5.92 Å². The van der Waals surface area contributed by atoms with Crippen molar-refractivity contribution in [3.63, 3.8) is 0 Å². The Morgan fingerprint density at radius 3 is 2.20 bits per heavy atom. The Morgan fingerprint density at radius 1 is 0.975 bits per heavy atom. The van der Waals surface area contributed by atoms with Gasteiger partial charge in [-0.3, -0.25) is 9.59 Å². The fraction of sp³-hybridized carbons (Fsp3) is 0.862. The first-order valence-electron chi connectivity index (χ1n) is 14.8. The van der Waals surface area contributed by atoms with Crippen molar-refractivity contribution in [2.24, 2.45) is 5.92 Å². The summed E-state index contributed by atoms with van der Waals surface area (Å²) in [6.45, 7) is 16.7. The SMILES string of the molecule is CCCOC(=O)NC(C(=O)N1CCCC1C(=O)NCC1CCC(NC(=O)OC(C)(C)C)CC1)C(C)(C)SC(C)C. The molecule has 1 saturated heterocycles. The molecule has 1 aliphatic carbocycles. The van der Waals surface area contributed by atoms with E-state index in [1.807, 2.05) is 41.5 Å². The molecule has 2 fully saturated rings. The van der Waals surface area contributed by atoms with Crippen molar-refractivity contribution >= 4 is 35.8 Å². The van der Waals surface area contributed by atoms with Gasteiger partial charge in [0.15, 0.2) is 0 Å². The van der Waals surface area contributed by atoms with Gasteiger partial charge in [0.25, 0.3) is 0 Å². The fourth-order valence-electron chi connectivity index (χ4n) is 5.38. The molecule has 3 N–H and O–H groups in total. The highest BCUT2D eigenvalue weighted by atomic mass is 32.2. The molecule has 2 rings (SSSR count). The predicted molar refractivity (Wildman–Crippen MR) is 158 cm³/mol. The zero-order valence-corrected chi connectivity index (χ0v) is 26.6. The molecule has 2 unspecified atom stereocenters. The maximum absolute atomic E-state index is 13.8. The summed E-state index contributed by atoms with van der Waals surface area (Å²) >= 11 is 1.61. The third-order valence-electron chi connectivity index (χ3n) is 7.15. The lowest BCUT2D eigenvalue weighted by atomic mass is 9.86. The molecule has 40 heavy (non-hydrogen) atoms. The summed E-state index contributed by atoms with van der Waals surface area (Å²) in [5, 5.41) is 9.08. The van der Waals surface area contributed by atoms with Crippen molar-refractivity contribution in [1.29, 1.82) is 0 Å². The largest absolute Gasteiger partial charge is 0.450 e. The first-order chi connectivity index (χ1) is 18.6. The van der Waals surface area contributed by atoms with Crippen LogP contribution >= 0.6 is 11.8 Å². The summed E-state index contributed by atoms with van der Waals surface area (Å²) in [6, 6.07) is -1.32. The van der Waals surface area contributed by atoms with Crippen LogP contribution in [-0.2, 0) is 19.1 Å². The van der Waals surface area contributed by atoms with Crippen molar-refractivity contribution < 1.29 is 28.7 Å². The molecule has 0 spiro atoms. The van der Waals surface area contributed by atoms with Gasteiger partial charge in [0.2, 0.25) is 11.8 Å². The molecule has 0 aromatic rings. The fourth-order valence-corrected chi connectivity index (χ4v) is 6.89. The summed E-state index contributed by atoms with van der Waals surface area (Å²) in [6.07, 6.45) is 4.44. The molecule has 1 aliphatic heterocycles. The Hall–Kier alpha value is -2.17. The van der Waals surface area contributed by atoms with Crippen molar-refractivity contribution in [3.8, 4) is 0 Å². The van der Waals surface area contributed by atoms with Crippen molar-refractivity contribution in [2.75, 3.05) is 19.7 Å². The van der Waals surface area contributed by atoms with Crippen LogP contribution < -0.4 is 16.0 Å². The number of nitrogens with zero attached hydrogens (tertiary/aromatic N) is 1. The number of thioether (sulfide) groups is 1. The van der Waals surface area contributed by atoms with Crippen LogP contribution in [0.15, 0.2) is 0 Å². The zero-order valence-electron chi connectivity index (χ0n) is 25.8. The van der Waals surface area contributed by atoms with Crippen molar-refractivity contribution in [3.05, 3.63) is 0 Å². The number of hydrogen-bond donors (Lipinski definition) is 3. The van der Waals surface area contributed by atoms with E-state index in [1.54, 1.807) is 16.7 Å². The summed E-state index contributed by atoms with van der Waals surface area (Å²) in [7, 11) is 0. The minimum absolute atomic E-state index is 0.0743. The smallest absolute Gasteiger partial charge is 0.407 e. The number of amides is 4. The molecule has 4 amide bonds. The van der Waals surface area contributed by atoms with Gasteiger partial charge in [0.05, 0.1) is 6.61 Å². The van der Waals surface area contributed by atoms with Gasteiger partial charge in [-0.2, -0.15) is 11.8 Å². The first kappa shape index (κ1) is 34.0. The van der Waals surface area contributed by atoms with E-state index in [-0.39, 0.29) is 29.7 Å². The van der Waals surface area contributed by atoms with Crippen LogP contribution in [-0.4, -0.2) is 82.3 Å². The van der Waals surface area contributed by atoms with E-state index in [1.165, 1.54) is 0 Å². The van der Waals surface area contributed by atoms with E-state index in [2.05, 4.69) is 29.8 Å². The summed E-state index contributed by atoms with van der Waals surface area (Å²) in [5.74, 6) is -0.0882. The molecule has 2 aliphatic rings. The van der Waals surface area contributed by atoms with E-state index in [4.69, 9.17) is 9.47 Å². The van der Waals surface area contributed by atoms with E-state index >= 15 is 0 Å². The molecule has 1 saturated carbocycles. The monoisotopic (exact) mass is 584 g/mol. The maximum Gasteiger partial charge on any atom is 0.407 e. The molecule has 1 heterocycles. The average Bonchev–Trinajstić information content (AvgIpc) is 3.33. The number of alkyl carbamates (subject to hydrolysis) is 2. The number of ether oxygens (including phenoxy) is 2. The third-order valence-corrected chi connectivity index (χ3v) is 8.47. The second kappa shape index (κ2) is 15.2. The minimum Gasteiger partial charge on any atom is -0.450 e. The van der Waals surface area contributed by atoms with Crippen LogP contribution in [0.1, 0.15) is 100 Å². The Balaban J connectivity index is 1.95. The molecule has 230 valence electrons. The molecule has 11 heteroatoms. The van der Waals surface area contributed by atoms with Gasteiger partial charge in [-0.15, -0.1) is 0 Å². The van der Waals surface area contributed by atoms with Crippen molar-refractivity contribution in [1.82, 2.24) is 20.9 Å². The molecule has 0 bridgehead atoms. The van der Waals surface area contributed by atoms with E-state index < -0.39 is 34.6 Å². The predicted octanol–water partition coefficient (Wildman–Crippen LogP) is 4.60. The number of carbonyl (C=O) groups excluding carboxylic acids is 4. The van der Waals surface area contributed by atoms with Gasteiger partial charge in [-0.1, -0.05) is 20.8 Å². The molecular formula is C29H52N4O6S. The summed E-state index contributed by atoms with van der Waals surface area (Å²) in [5.41, 5.74) is -0.529. The minimum atomic E-state index is -0.828. The van der Waals surface area contributed by atoms with Gasteiger partial charge in [0.1, 0.15) is 17.7 Å². The van der Waals surface area contributed by atoms with E-state index in [0.717, 1.165) is 32.1 Å². The van der Waals surface area contributed by atoms with Crippen molar-refractivity contribution in [2.45, 2.75) is 134 Å². The highest BCUT2D eigenvalue weighted by molar-refractivity contribution is 8.01. The lowest BCUT2D eigenvalue weighted by Gasteiger charge is -2.38. The number of hydrogen-bond acceptors (Lipinski definition) is 7. The van der Waals surface area contributed by atoms with Crippen LogP contribution in [0.25, 0.3) is 0 Å². The first-order valence-corrected chi connectivity index (χ1v) is 15.7. The van der Waals surface area contributed by atoms with Gasteiger partial charge in [-0.25, -0.2) is 9.59 Å². The molecule has 10 nitrogen and oxygen atoms in total. The molecule has 0 aromatic heterocycles. The topological polar surface area (TPSA) is 126 Å². The molecule has 2 atom stereocenters. The second-order valence-electron chi connectivity index (χ2n) is 12.8. The standard InChI is InChI=1S/C29H52N4O6S/c1-9-17-38-26(36)32-23(29(7,8)40-19(2)3)25(35)33-16-10-11-22(33)24(34)30-18-20-12-14-21(15-13-20)31-27(37)39-28(4,5)6/h19-23H,9-18H2,1-8H3,(H,30,34)(H,31,37)(H,32,36). The molecule has 0 radical (unpaired) electrons. The summed E-state index contributed by atoms with van der Waals surface area (Å²) < 4.78 is 9.98. The van der Waals surface area contributed by atoms with Gasteiger partial charge < -0.3 is 30.3 Å². The second-order valence-corrected chi connectivity index (χ2v) is 15.0. The van der Waals surface area contributed by atoms with Gasteiger partial charge in [0, 0.05) is 23.9 Å². The van der Waals surface area contributed by atoms with E-state index in [0.29, 0.717) is 31.8 Å². The quantitative estimate of drug-likeness (QED) is 0.324. The average molecular weight is 585 g/mol. The highest BCUT2D eigenvalue weighted by Gasteiger charge is 2.44. The lowest BCUT2D eigenvalue weighted by molar-refractivity contribution is -0.140.